The summed E-state index contributed by atoms with van der Waals surface area (Å²) in [5.41, 5.74) is -0.126. The number of halogens is 2. The van der Waals surface area contributed by atoms with Gasteiger partial charge in [-0.25, -0.2) is 13.6 Å². The van der Waals surface area contributed by atoms with E-state index in [0.717, 1.165) is 6.07 Å². The van der Waals surface area contributed by atoms with Crippen molar-refractivity contribution in [2.24, 2.45) is 0 Å². The normalized spacial score (nSPS) is 18.7. The van der Waals surface area contributed by atoms with Crippen LogP contribution in [0.1, 0.15) is 26.3 Å². The third-order valence-corrected chi connectivity index (χ3v) is 3.33. The van der Waals surface area contributed by atoms with Crippen molar-refractivity contribution in [3.05, 3.63) is 35.4 Å². The molecular weight excluding hydrogens is 292 g/mol. The molecule has 122 valence electrons. The minimum atomic E-state index is -0.634. The molecule has 2 atom stereocenters. The van der Waals surface area contributed by atoms with Crippen LogP contribution < -0.4 is 0 Å². The number of ether oxygens (including phenoxy) is 2. The summed E-state index contributed by atoms with van der Waals surface area (Å²) in [6.45, 7) is 5.87. The third-order valence-electron chi connectivity index (χ3n) is 3.33. The first kappa shape index (κ1) is 16.7. The summed E-state index contributed by atoms with van der Waals surface area (Å²) in [4.78, 5) is 13.6. The molecule has 0 spiro atoms. The standard InChI is InChI=1S/C16H21F2NO3/c1-16(2,3)22-15(20)19(4)13(14-9-21-14)7-10-5-11(17)8-12(18)6-10/h5-6,8,13-14H,7,9H2,1-4H3. The number of rotatable bonds is 4. The SMILES string of the molecule is CN(C(=O)OC(C)(C)C)C(Cc1cc(F)cc(F)c1)C1CO1. The fourth-order valence-electron chi connectivity index (χ4n) is 2.24. The van der Waals surface area contributed by atoms with Gasteiger partial charge < -0.3 is 14.4 Å². The van der Waals surface area contributed by atoms with Crippen LogP contribution in [0.15, 0.2) is 18.2 Å². The zero-order chi connectivity index (χ0) is 16.5. The van der Waals surface area contributed by atoms with Crippen LogP contribution in [0.4, 0.5) is 13.6 Å². The number of likely N-dealkylation sites (N-methyl/N-ethyl adjacent to an activating group) is 1. The Morgan fingerprint density at radius 2 is 1.91 bits per heavy atom. The Balaban J connectivity index is 2.11. The van der Waals surface area contributed by atoms with Crippen LogP contribution in [0.5, 0.6) is 0 Å². The summed E-state index contributed by atoms with van der Waals surface area (Å²) in [6, 6.07) is 3.03. The van der Waals surface area contributed by atoms with Crippen molar-refractivity contribution in [1.29, 1.82) is 0 Å². The quantitative estimate of drug-likeness (QED) is 0.802. The molecule has 0 aromatic heterocycles. The van der Waals surface area contributed by atoms with Gasteiger partial charge in [-0.15, -0.1) is 0 Å². The molecule has 0 saturated carbocycles. The third kappa shape index (κ3) is 4.66. The summed E-state index contributed by atoms with van der Waals surface area (Å²) < 4.78 is 37.2. The number of amides is 1. The van der Waals surface area contributed by atoms with Crippen molar-refractivity contribution in [2.45, 2.75) is 44.9 Å². The van der Waals surface area contributed by atoms with Crippen LogP contribution in [0.2, 0.25) is 0 Å². The molecule has 22 heavy (non-hydrogen) atoms. The number of hydrogen-bond acceptors (Lipinski definition) is 3. The Hall–Kier alpha value is -1.69. The second-order valence-corrected chi connectivity index (χ2v) is 6.51. The maximum Gasteiger partial charge on any atom is 0.410 e. The zero-order valence-corrected chi connectivity index (χ0v) is 13.2. The van der Waals surface area contributed by atoms with Gasteiger partial charge in [0.15, 0.2) is 0 Å². The Morgan fingerprint density at radius 3 is 2.36 bits per heavy atom. The number of epoxide rings is 1. The van der Waals surface area contributed by atoms with Crippen LogP contribution in [-0.2, 0) is 15.9 Å². The predicted octanol–water partition coefficient (Wildman–Crippen LogP) is 3.14. The molecule has 0 aliphatic carbocycles. The smallest absolute Gasteiger partial charge is 0.410 e. The molecule has 4 nitrogen and oxygen atoms in total. The minimum Gasteiger partial charge on any atom is -0.444 e. The molecule has 6 heteroatoms. The highest BCUT2D eigenvalue weighted by atomic mass is 19.1. The molecule has 2 rings (SSSR count). The van der Waals surface area contributed by atoms with Crippen LogP contribution >= 0.6 is 0 Å². The van der Waals surface area contributed by atoms with E-state index in [0.29, 0.717) is 18.6 Å². The van der Waals surface area contributed by atoms with E-state index in [4.69, 9.17) is 9.47 Å². The topological polar surface area (TPSA) is 42.1 Å². The monoisotopic (exact) mass is 313 g/mol. The molecule has 0 bridgehead atoms. The Kier molecular flexibility index (Phi) is 4.70. The number of carbonyl (C=O) groups is 1. The van der Waals surface area contributed by atoms with E-state index in [1.54, 1.807) is 27.8 Å². The van der Waals surface area contributed by atoms with Gasteiger partial charge in [-0.3, -0.25) is 0 Å². The zero-order valence-electron chi connectivity index (χ0n) is 13.2. The molecule has 1 aliphatic rings. The Labute approximate surface area is 129 Å². The molecule has 1 aromatic rings. The first-order chi connectivity index (χ1) is 10.2. The highest BCUT2D eigenvalue weighted by molar-refractivity contribution is 5.68. The molecule has 0 radical (unpaired) electrons. The Morgan fingerprint density at radius 1 is 1.36 bits per heavy atom. The summed E-state index contributed by atoms with van der Waals surface area (Å²) in [5, 5.41) is 0. The van der Waals surface area contributed by atoms with Gasteiger partial charge in [-0.2, -0.15) is 0 Å². The fourth-order valence-corrected chi connectivity index (χ4v) is 2.24. The number of hydrogen-bond donors (Lipinski definition) is 0. The maximum atomic E-state index is 13.3. The lowest BCUT2D eigenvalue weighted by molar-refractivity contribution is 0.0195. The van der Waals surface area contributed by atoms with E-state index in [9.17, 15) is 13.6 Å². The summed E-state index contributed by atoms with van der Waals surface area (Å²) >= 11 is 0. The molecule has 1 saturated heterocycles. The van der Waals surface area contributed by atoms with Crippen LogP contribution in [-0.4, -0.2) is 42.4 Å². The van der Waals surface area contributed by atoms with Gasteiger partial charge in [0.1, 0.15) is 23.3 Å². The predicted molar refractivity (Wildman–Crippen MR) is 77.6 cm³/mol. The lowest BCUT2D eigenvalue weighted by Crippen LogP contribution is -2.44. The summed E-state index contributed by atoms with van der Waals surface area (Å²) in [5.74, 6) is -1.27. The van der Waals surface area contributed by atoms with Crippen molar-refractivity contribution >= 4 is 6.09 Å². The van der Waals surface area contributed by atoms with Crippen molar-refractivity contribution in [1.82, 2.24) is 4.90 Å². The van der Waals surface area contributed by atoms with Crippen molar-refractivity contribution in [3.63, 3.8) is 0 Å². The number of carbonyl (C=O) groups excluding carboxylic acids is 1. The second kappa shape index (κ2) is 6.20. The summed E-state index contributed by atoms with van der Waals surface area (Å²) in [7, 11) is 1.61. The molecule has 1 aromatic carbocycles. The van der Waals surface area contributed by atoms with Gasteiger partial charge >= 0.3 is 6.09 Å². The van der Waals surface area contributed by atoms with E-state index >= 15 is 0 Å². The molecule has 2 unspecified atom stereocenters. The highest BCUT2D eigenvalue weighted by Crippen LogP contribution is 2.24. The van der Waals surface area contributed by atoms with Crippen LogP contribution in [0.3, 0.4) is 0 Å². The summed E-state index contributed by atoms with van der Waals surface area (Å²) in [6.07, 6.45) is -0.316. The average molecular weight is 313 g/mol. The van der Waals surface area contributed by atoms with Crippen LogP contribution in [0, 0.1) is 11.6 Å². The van der Waals surface area contributed by atoms with E-state index in [-0.39, 0.29) is 12.1 Å². The molecular formula is C16H21F2NO3. The van der Waals surface area contributed by atoms with E-state index in [1.807, 2.05) is 0 Å². The lowest BCUT2D eigenvalue weighted by atomic mass is 10.0. The average Bonchev–Trinajstić information content (AvgIpc) is 3.16. The van der Waals surface area contributed by atoms with E-state index in [1.165, 1.54) is 17.0 Å². The molecule has 1 fully saturated rings. The Bertz CT molecular complexity index is 533. The van der Waals surface area contributed by atoms with E-state index < -0.39 is 23.3 Å². The molecule has 0 N–H and O–H groups in total. The molecule has 1 amide bonds. The fraction of sp³-hybridized carbons (Fsp3) is 0.562. The second-order valence-electron chi connectivity index (χ2n) is 6.51. The van der Waals surface area contributed by atoms with Gasteiger partial charge in [0.05, 0.1) is 12.6 Å². The maximum absolute atomic E-state index is 13.3. The lowest BCUT2D eigenvalue weighted by Gasteiger charge is -2.30. The number of nitrogens with zero attached hydrogens (tertiary/aromatic N) is 1. The highest BCUT2D eigenvalue weighted by Gasteiger charge is 2.38. The number of benzene rings is 1. The molecule has 1 aliphatic heterocycles. The van der Waals surface area contributed by atoms with Gasteiger partial charge in [0, 0.05) is 13.1 Å². The van der Waals surface area contributed by atoms with Gasteiger partial charge in [-0.05, 0) is 44.9 Å². The molecule has 1 heterocycles. The van der Waals surface area contributed by atoms with Crippen molar-refractivity contribution in [2.75, 3.05) is 13.7 Å². The van der Waals surface area contributed by atoms with Gasteiger partial charge in [0.25, 0.3) is 0 Å². The van der Waals surface area contributed by atoms with Crippen molar-refractivity contribution in [3.8, 4) is 0 Å². The minimum absolute atomic E-state index is 0.135. The van der Waals surface area contributed by atoms with E-state index in [2.05, 4.69) is 0 Å². The van der Waals surface area contributed by atoms with Gasteiger partial charge in [-0.1, -0.05) is 0 Å². The first-order valence-electron chi connectivity index (χ1n) is 7.18. The van der Waals surface area contributed by atoms with Crippen molar-refractivity contribution < 1.29 is 23.0 Å². The first-order valence-corrected chi connectivity index (χ1v) is 7.18. The largest absolute Gasteiger partial charge is 0.444 e. The van der Waals surface area contributed by atoms with Gasteiger partial charge in [0.2, 0.25) is 0 Å². The van der Waals surface area contributed by atoms with Crippen LogP contribution in [0.25, 0.3) is 0 Å².